The lowest BCUT2D eigenvalue weighted by Crippen LogP contribution is -2.21. The molecule has 1 aliphatic rings. The molecule has 2 aromatic heterocycles. The summed E-state index contributed by atoms with van der Waals surface area (Å²) in [4.78, 5) is 17.8. The Kier molecular flexibility index (Phi) is 6.73. The standard InChI is InChI=1S/C21H21ClFN5O2S2/c1-11-3-6-14-16(7-11)32-18(17(14)19(29)30-2)25-21(31)26-20-24-10-28(27-20)9-12-4-5-13(23)8-15(12)22/h4-5,8,10-11H,3,6-7,9H2,1-2H3,(H2,25,26,27,31). The van der Waals surface area contributed by atoms with E-state index < -0.39 is 5.82 Å². The number of halogens is 2. The van der Waals surface area contributed by atoms with E-state index in [9.17, 15) is 9.18 Å². The van der Waals surface area contributed by atoms with Gasteiger partial charge in [-0.2, -0.15) is 0 Å². The zero-order valence-electron chi connectivity index (χ0n) is 17.4. The van der Waals surface area contributed by atoms with Gasteiger partial charge in [0, 0.05) is 9.90 Å². The Labute approximate surface area is 198 Å². The van der Waals surface area contributed by atoms with Gasteiger partial charge in [-0.05, 0) is 60.7 Å². The number of methoxy groups -OCH3 is 1. The average molecular weight is 494 g/mol. The second kappa shape index (κ2) is 9.51. The maximum absolute atomic E-state index is 13.2. The van der Waals surface area contributed by atoms with Gasteiger partial charge in [0.25, 0.3) is 0 Å². The number of anilines is 2. The molecule has 0 saturated heterocycles. The lowest BCUT2D eigenvalue weighted by molar-refractivity contribution is 0.0601. The normalized spacial score (nSPS) is 15.2. The number of hydrogen-bond acceptors (Lipinski definition) is 6. The topological polar surface area (TPSA) is 81.1 Å². The highest BCUT2D eigenvalue weighted by Crippen LogP contribution is 2.40. The van der Waals surface area contributed by atoms with Crippen molar-refractivity contribution in [3.05, 3.63) is 56.9 Å². The maximum atomic E-state index is 13.2. The van der Waals surface area contributed by atoms with Crippen LogP contribution in [0.15, 0.2) is 24.5 Å². The van der Waals surface area contributed by atoms with Crippen molar-refractivity contribution in [1.29, 1.82) is 0 Å². The number of thiocarbonyl (C=S) groups is 1. The Morgan fingerprint density at radius 1 is 1.44 bits per heavy atom. The smallest absolute Gasteiger partial charge is 0.341 e. The SMILES string of the molecule is COC(=O)c1c(NC(=S)Nc2ncn(Cc3ccc(F)cc3Cl)n2)sc2c1CCC(C)C2. The number of ether oxygens (including phenoxy) is 1. The van der Waals surface area contributed by atoms with Crippen molar-refractivity contribution in [2.24, 2.45) is 5.92 Å². The first kappa shape index (κ1) is 22.6. The quantitative estimate of drug-likeness (QED) is 0.386. The fourth-order valence-corrected chi connectivity index (χ4v) is 5.53. The van der Waals surface area contributed by atoms with Crippen LogP contribution in [0.3, 0.4) is 0 Å². The third-order valence-corrected chi connectivity index (χ3v) is 6.96. The minimum absolute atomic E-state index is 0.263. The molecule has 2 N–H and O–H groups in total. The Balaban J connectivity index is 1.46. The summed E-state index contributed by atoms with van der Waals surface area (Å²) < 4.78 is 19.8. The summed E-state index contributed by atoms with van der Waals surface area (Å²) in [5.41, 5.74) is 2.31. The van der Waals surface area contributed by atoms with Crippen molar-refractivity contribution >= 4 is 57.2 Å². The molecule has 1 aliphatic carbocycles. The van der Waals surface area contributed by atoms with E-state index in [0.29, 0.717) is 33.6 Å². The molecular weight excluding hydrogens is 473 g/mol. The maximum Gasteiger partial charge on any atom is 0.341 e. The first-order valence-corrected chi connectivity index (χ1v) is 11.6. The molecule has 32 heavy (non-hydrogen) atoms. The number of benzene rings is 1. The van der Waals surface area contributed by atoms with Crippen LogP contribution in [-0.2, 0) is 24.1 Å². The number of carbonyl (C=O) groups is 1. The van der Waals surface area contributed by atoms with E-state index in [1.54, 1.807) is 10.7 Å². The molecule has 1 unspecified atom stereocenters. The predicted octanol–water partition coefficient (Wildman–Crippen LogP) is 4.90. The number of nitrogens with one attached hydrogen (secondary N) is 2. The molecule has 0 fully saturated rings. The summed E-state index contributed by atoms with van der Waals surface area (Å²) in [6.07, 6.45) is 4.34. The molecule has 0 radical (unpaired) electrons. The van der Waals surface area contributed by atoms with Gasteiger partial charge in [-0.25, -0.2) is 18.9 Å². The molecule has 3 aromatic rings. The van der Waals surface area contributed by atoms with Gasteiger partial charge in [0.15, 0.2) is 5.11 Å². The highest BCUT2D eigenvalue weighted by Gasteiger charge is 2.28. The van der Waals surface area contributed by atoms with E-state index in [0.717, 1.165) is 24.8 Å². The first-order valence-electron chi connectivity index (χ1n) is 9.98. The van der Waals surface area contributed by atoms with E-state index in [2.05, 4.69) is 27.6 Å². The van der Waals surface area contributed by atoms with Crippen LogP contribution in [0.1, 0.15) is 39.7 Å². The third-order valence-electron chi connectivity index (χ3n) is 5.24. The number of fused-ring (bicyclic) bond motifs is 1. The van der Waals surface area contributed by atoms with Crippen LogP contribution >= 0.6 is 35.2 Å². The third kappa shape index (κ3) is 4.92. The molecule has 11 heteroatoms. The van der Waals surface area contributed by atoms with Gasteiger partial charge in [-0.1, -0.05) is 24.6 Å². The number of nitrogens with zero attached hydrogens (tertiary/aromatic N) is 3. The average Bonchev–Trinajstić information content (AvgIpc) is 3.32. The molecule has 0 spiro atoms. The molecule has 7 nitrogen and oxygen atoms in total. The van der Waals surface area contributed by atoms with Crippen molar-refractivity contribution in [3.63, 3.8) is 0 Å². The van der Waals surface area contributed by atoms with E-state index in [1.165, 1.54) is 41.8 Å². The van der Waals surface area contributed by atoms with Gasteiger partial charge in [0.05, 0.1) is 19.2 Å². The van der Waals surface area contributed by atoms with Gasteiger partial charge in [0.2, 0.25) is 5.95 Å². The van der Waals surface area contributed by atoms with Gasteiger partial charge < -0.3 is 10.1 Å². The van der Waals surface area contributed by atoms with Crippen LogP contribution < -0.4 is 10.6 Å². The fraction of sp³-hybridized carbons (Fsp3) is 0.333. The van der Waals surface area contributed by atoms with E-state index in [1.807, 2.05) is 0 Å². The minimum atomic E-state index is -0.396. The minimum Gasteiger partial charge on any atom is -0.465 e. The van der Waals surface area contributed by atoms with E-state index >= 15 is 0 Å². The van der Waals surface area contributed by atoms with Crippen molar-refractivity contribution in [2.75, 3.05) is 17.7 Å². The molecule has 0 aliphatic heterocycles. The summed E-state index contributed by atoms with van der Waals surface area (Å²) in [5, 5.41) is 11.6. The molecule has 2 heterocycles. The van der Waals surface area contributed by atoms with Crippen molar-refractivity contribution in [2.45, 2.75) is 32.7 Å². The number of carbonyl (C=O) groups excluding carboxylic acids is 1. The van der Waals surface area contributed by atoms with Crippen LogP contribution in [0.5, 0.6) is 0 Å². The number of esters is 1. The predicted molar refractivity (Wildman–Crippen MR) is 127 cm³/mol. The second-order valence-electron chi connectivity index (χ2n) is 7.63. The number of thiophene rings is 1. The Morgan fingerprint density at radius 3 is 3.00 bits per heavy atom. The summed E-state index contributed by atoms with van der Waals surface area (Å²) in [6, 6.07) is 4.20. The van der Waals surface area contributed by atoms with Gasteiger partial charge in [-0.3, -0.25) is 5.32 Å². The second-order valence-corrected chi connectivity index (χ2v) is 9.55. The van der Waals surface area contributed by atoms with Gasteiger partial charge in [-0.15, -0.1) is 16.4 Å². The van der Waals surface area contributed by atoms with Crippen LogP contribution in [0.25, 0.3) is 0 Å². The first-order chi connectivity index (χ1) is 15.3. The molecular formula is C21H21ClFN5O2S2. The number of aromatic nitrogens is 3. The Morgan fingerprint density at radius 2 is 2.25 bits per heavy atom. The molecule has 0 saturated carbocycles. The van der Waals surface area contributed by atoms with E-state index in [4.69, 9.17) is 28.6 Å². The highest BCUT2D eigenvalue weighted by molar-refractivity contribution is 7.80. The Bertz CT molecular complexity index is 1180. The van der Waals surface area contributed by atoms with Gasteiger partial charge >= 0.3 is 5.97 Å². The largest absolute Gasteiger partial charge is 0.465 e. The molecule has 4 rings (SSSR count). The van der Waals surface area contributed by atoms with Crippen LogP contribution in [-0.4, -0.2) is 33.0 Å². The van der Waals surface area contributed by atoms with Crippen molar-refractivity contribution in [3.8, 4) is 0 Å². The number of hydrogen-bond donors (Lipinski definition) is 2. The van der Waals surface area contributed by atoms with Gasteiger partial charge in [0.1, 0.15) is 17.1 Å². The number of rotatable bonds is 5. The van der Waals surface area contributed by atoms with Crippen molar-refractivity contribution < 1.29 is 13.9 Å². The zero-order chi connectivity index (χ0) is 22.8. The summed E-state index contributed by atoms with van der Waals surface area (Å²) >= 11 is 13.0. The molecule has 1 atom stereocenters. The fourth-order valence-electron chi connectivity index (χ4n) is 3.65. The van der Waals surface area contributed by atoms with Crippen LogP contribution in [0.2, 0.25) is 5.02 Å². The monoisotopic (exact) mass is 493 g/mol. The zero-order valence-corrected chi connectivity index (χ0v) is 19.8. The summed E-state index contributed by atoms with van der Waals surface area (Å²) in [7, 11) is 1.38. The molecule has 0 bridgehead atoms. The summed E-state index contributed by atoms with van der Waals surface area (Å²) in [5.74, 6) is 0.0933. The van der Waals surface area contributed by atoms with Crippen LogP contribution in [0, 0.1) is 11.7 Å². The summed E-state index contributed by atoms with van der Waals surface area (Å²) in [6.45, 7) is 2.54. The molecule has 0 amide bonds. The lowest BCUT2D eigenvalue weighted by atomic mass is 9.88. The van der Waals surface area contributed by atoms with E-state index in [-0.39, 0.29) is 17.0 Å². The Hall–Kier alpha value is -2.56. The molecule has 168 valence electrons. The lowest BCUT2D eigenvalue weighted by Gasteiger charge is -2.18. The molecule has 1 aromatic carbocycles. The van der Waals surface area contributed by atoms with Crippen LogP contribution in [0.4, 0.5) is 15.3 Å². The van der Waals surface area contributed by atoms with Crippen molar-refractivity contribution in [1.82, 2.24) is 14.8 Å². The highest BCUT2D eigenvalue weighted by atomic mass is 35.5.